The Morgan fingerprint density at radius 1 is 1.48 bits per heavy atom. The van der Waals surface area contributed by atoms with Crippen molar-refractivity contribution in [1.82, 2.24) is 15.5 Å². The summed E-state index contributed by atoms with van der Waals surface area (Å²) in [5.74, 6) is 0.294. The molecule has 1 N–H and O–H groups in total. The smallest absolute Gasteiger partial charge is 0.227 e. The Morgan fingerprint density at radius 2 is 2.29 bits per heavy atom. The summed E-state index contributed by atoms with van der Waals surface area (Å²) in [6.45, 7) is 3.96. The SMILES string of the molecule is CCC(C)NC(=O)CCc1nc(-c2cccc(F)c2)no1. The molecule has 112 valence electrons. The molecule has 0 bridgehead atoms. The van der Waals surface area contributed by atoms with Crippen molar-refractivity contribution in [2.24, 2.45) is 0 Å². The Morgan fingerprint density at radius 3 is 3.00 bits per heavy atom. The molecule has 21 heavy (non-hydrogen) atoms. The molecule has 0 aliphatic rings. The van der Waals surface area contributed by atoms with E-state index in [4.69, 9.17) is 4.52 Å². The summed E-state index contributed by atoms with van der Waals surface area (Å²) in [6.07, 6.45) is 1.54. The predicted molar refractivity (Wildman–Crippen MR) is 75.9 cm³/mol. The molecule has 1 unspecified atom stereocenters. The average molecular weight is 291 g/mol. The van der Waals surface area contributed by atoms with Gasteiger partial charge in [-0.2, -0.15) is 4.98 Å². The van der Waals surface area contributed by atoms with Crippen LogP contribution in [0.2, 0.25) is 0 Å². The molecular weight excluding hydrogens is 273 g/mol. The number of hydrogen-bond acceptors (Lipinski definition) is 4. The second-order valence-electron chi connectivity index (χ2n) is 4.90. The number of carbonyl (C=O) groups excluding carboxylic acids is 1. The van der Waals surface area contributed by atoms with E-state index in [1.807, 2.05) is 13.8 Å². The summed E-state index contributed by atoms with van der Waals surface area (Å²) in [5.41, 5.74) is 0.550. The maximum atomic E-state index is 13.1. The van der Waals surface area contributed by atoms with Gasteiger partial charge >= 0.3 is 0 Å². The van der Waals surface area contributed by atoms with Gasteiger partial charge in [0.15, 0.2) is 0 Å². The standard InChI is InChI=1S/C15H18FN3O2/c1-3-10(2)17-13(20)7-8-14-18-15(19-21-14)11-5-4-6-12(16)9-11/h4-6,9-10H,3,7-8H2,1-2H3,(H,17,20). The summed E-state index contributed by atoms with van der Waals surface area (Å²) in [6, 6.07) is 6.13. The van der Waals surface area contributed by atoms with Crippen LogP contribution in [0.5, 0.6) is 0 Å². The van der Waals surface area contributed by atoms with E-state index < -0.39 is 0 Å². The number of halogens is 1. The first-order chi connectivity index (χ1) is 10.1. The van der Waals surface area contributed by atoms with E-state index in [2.05, 4.69) is 15.5 Å². The number of benzene rings is 1. The number of aromatic nitrogens is 2. The summed E-state index contributed by atoms with van der Waals surface area (Å²) < 4.78 is 18.2. The second-order valence-corrected chi connectivity index (χ2v) is 4.90. The highest BCUT2D eigenvalue weighted by Gasteiger charge is 2.12. The molecule has 0 aliphatic heterocycles. The van der Waals surface area contributed by atoms with Gasteiger partial charge in [-0.15, -0.1) is 0 Å². The van der Waals surface area contributed by atoms with Gasteiger partial charge < -0.3 is 9.84 Å². The van der Waals surface area contributed by atoms with Crippen LogP contribution in [0.1, 0.15) is 32.6 Å². The maximum absolute atomic E-state index is 13.1. The van der Waals surface area contributed by atoms with Crippen LogP contribution in [-0.2, 0) is 11.2 Å². The second kappa shape index (κ2) is 6.97. The van der Waals surface area contributed by atoms with Crippen molar-refractivity contribution >= 4 is 5.91 Å². The lowest BCUT2D eigenvalue weighted by molar-refractivity contribution is -0.121. The van der Waals surface area contributed by atoms with Gasteiger partial charge in [0.05, 0.1) is 0 Å². The zero-order chi connectivity index (χ0) is 15.2. The largest absolute Gasteiger partial charge is 0.354 e. The molecule has 0 fully saturated rings. The van der Waals surface area contributed by atoms with Crippen LogP contribution in [0.4, 0.5) is 4.39 Å². The molecule has 6 heteroatoms. The Bertz CT molecular complexity index is 612. The minimum absolute atomic E-state index is 0.0464. The minimum atomic E-state index is -0.355. The molecule has 1 aromatic heterocycles. The number of carbonyl (C=O) groups is 1. The van der Waals surface area contributed by atoms with E-state index in [0.717, 1.165) is 6.42 Å². The molecule has 1 heterocycles. The molecular formula is C15H18FN3O2. The topological polar surface area (TPSA) is 68.0 Å². The molecule has 5 nitrogen and oxygen atoms in total. The molecule has 0 saturated heterocycles. The molecule has 1 atom stereocenters. The highest BCUT2D eigenvalue weighted by atomic mass is 19.1. The number of amides is 1. The fourth-order valence-corrected chi connectivity index (χ4v) is 1.77. The van der Waals surface area contributed by atoms with Crippen molar-refractivity contribution in [2.75, 3.05) is 0 Å². The van der Waals surface area contributed by atoms with Gasteiger partial charge in [0.2, 0.25) is 17.6 Å². The first kappa shape index (κ1) is 15.2. The van der Waals surface area contributed by atoms with E-state index in [1.54, 1.807) is 12.1 Å². The van der Waals surface area contributed by atoms with Crippen LogP contribution in [0.3, 0.4) is 0 Å². The zero-order valence-electron chi connectivity index (χ0n) is 12.1. The number of hydrogen-bond donors (Lipinski definition) is 1. The quantitative estimate of drug-likeness (QED) is 0.888. The van der Waals surface area contributed by atoms with Gasteiger partial charge in [-0.25, -0.2) is 4.39 Å². The third-order valence-corrected chi connectivity index (χ3v) is 3.14. The number of nitrogens with zero attached hydrogens (tertiary/aromatic N) is 2. The fraction of sp³-hybridized carbons (Fsp3) is 0.400. The maximum Gasteiger partial charge on any atom is 0.227 e. The zero-order valence-corrected chi connectivity index (χ0v) is 12.1. The summed E-state index contributed by atoms with van der Waals surface area (Å²) in [4.78, 5) is 15.8. The van der Waals surface area contributed by atoms with Gasteiger partial charge in [0.1, 0.15) is 5.82 Å². The van der Waals surface area contributed by atoms with Gasteiger partial charge in [0.25, 0.3) is 0 Å². The fourth-order valence-electron chi connectivity index (χ4n) is 1.77. The molecule has 0 aliphatic carbocycles. The highest BCUT2D eigenvalue weighted by Crippen LogP contribution is 2.17. The van der Waals surface area contributed by atoms with Crippen LogP contribution in [-0.4, -0.2) is 22.1 Å². The molecule has 0 saturated carbocycles. The van der Waals surface area contributed by atoms with Crippen molar-refractivity contribution < 1.29 is 13.7 Å². The molecule has 2 rings (SSSR count). The van der Waals surface area contributed by atoms with Crippen LogP contribution >= 0.6 is 0 Å². The highest BCUT2D eigenvalue weighted by molar-refractivity contribution is 5.76. The Labute approximate surface area is 122 Å². The summed E-state index contributed by atoms with van der Waals surface area (Å²) in [7, 11) is 0. The van der Waals surface area contributed by atoms with Gasteiger partial charge in [-0.05, 0) is 25.5 Å². The number of nitrogens with one attached hydrogen (secondary N) is 1. The molecule has 1 aromatic carbocycles. The predicted octanol–water partition coefficient (Wildman–Crippen LogP) is 2.72. The Hall–Kier alpha value is -2.24. The molecule has 0 radical (unpaired) electrons. The normalized spacial score (nSPS) is 12.1. The average Bonchev–Trinajstić information content (AvgIpc) is 2.94. The lowest BCUT2D eigenvalue weighted by Crippen LogP contribution is -2.32. The number of aryl methyl sites for hydroxylation is 1. The van der Waals surface area contributed by atoms with Gasteiger partial charge in [0, 0.05) is 24.4 Å². The summed E-state index contributed by atoms with van der Waals surface area (Å²) >= 11 is 0. The Balaban J connectivity index is 1.93. The molecule has 0 spiro atoms. The third kappa shape index (κ3) is 4.37. The van der Waals surface area contributed by atoms with Crippen molar-refractivity contribution in [3.05, 3.63) is 36.0 Å². The number of rotatable bonds is 6. The van der Waals surface area contributed by atoms with Gasteiger partial charge in [-0.1, -0.05) is 24.2 Å². The van der Waals surface area contributed by atoms with Crippen LogP contribution in [0.25, 0.3) is 11.4 Å². The summed E-state index contributed by atoms with van der Waals surface area (Å²) in [5, 5.41) is 6.67. The lowest BCUT2D eigenvalue weighted by Gasteiger charge is -2.10. The monoisotopic (exact) mass is 291 g/mol. The van der Waals surface area contributed by atoms with E-state index in [9.17, 15) is 9.18 Å². The first-order valence-electron chi connectivity index (χ1n) is 6.96. The van der Waals surface area contributed by atoms with E-state index in [1.165, 1.54) is 12.1 Å². The molecule has 2 aromatic rings. The first-order valence-corrected chi connectivity index (χ1v) is 6.96. The minimum Gasteiger partial charge on any atom is -0.354 e. The van der Waals surface area contributed by atoms with Crippen molar-refractivity contribution in [2.45, 2.75) is 39.2 Å². The van der Waals surface area contributed by atoms with Crippen molar-refractivity contribution in [3.8, 4) is 11.4 Å². The van der Waals surface area contributed by atoms with Crippen molar-refractivity contribution in [3.63, 3.8) is 0 Å². The van der Waals surface area contributed by atoms with Crippen molar-refractivity contribution in [1.29, 1.82) is 0 Å². The van der Waals surface area contributed by atoms with Crippen LogP contribution in [0, 0.1) is 5.82 Å². The van der Waals surface area contributed by atoms with E-state index in [-0.39, 0.29) is 24.2 Å². The molecule has 1 amide bonds. The van der Waals surface area contributed by atoms with E-state index >= 15 is 0 Å². The third-order valence-electron chi connectivity index (χ3n) is 3.14. The lowest BCUT2D eigenvalue weighted by atomic mass is 10.2. The van der Waals surface area contributed by atoms with Crippen LogP contribution < -0.4 is 5.32 Å². The van der Waals surface area contributed by atoms with E-state index in [0.29, 0.717) is 23.7 Å². The Kier molecular flexibility index (Phi) is 5.03. The van der Waals surface area contributed by atoms with Crippen LogP contribution in [0.15, 0.2) is 28.8 Å². The van der Waals surface area contributed by atoms with Gasteiger partial charge in [-0.3, -0.25) is 4.79 Å².